The van der Waals surface area contributed by atoms with Gasteiger partial charge in [0.15, 0.2) is 23.0 Å². The van der Waals surface area contributed by atoms with Crippen LogP contribution in [0.15, 0.2) is 0 Å². The second kappa shape index (κ2) is 8.32. The molecule has 33 heavy (non-hydrogen) atoms. The number of hydrogen-bond donors (Lipinski definition) is 1. The van der Waals surface area contributed by atoms with Crippen LogP contribution in [0.3, 0.4) is 0 Å². The number of halogens is 4. The van der Waals surface area contributed by atoms with E-state index in [2.05, 4.69) is 10.1 Å². The third-order valence-corrected chi connectivity index (χ3v) is 7.13. The van der Waals surface area contributed by atoms with Gasteiger partial charge in [-0.2, -0.15) is 22.8 Å². The maximum atomic E-state index is 15.5. The van der Waals surface area contributed by atoms with E-state index >= 15 is 4.39 Å². The maximum Gasteiger partial charge on any atom is 0.391 e. The summed E-state index contributed by atoms with van der Waals surface area (Å²) < 4.78 is 61.5. The van der Waals surface area contributed by atoms with Gasteiger partial charge in [-0.05, 0) is 52.4 Å². The van der Waals surface area contributed by atoms with Gasteiger partial charge in [0.1, 0.15) is 5.69 Å². The molecule has 1 atom stereocenters. The smallest absolute Gasteiger partial charge is 0.391 e. The number of anilines is 1. The van der Waals surface area contributed by atoms with Gasteiger partial charge in [-0.25, -0.2) is 9.37 Å². The van der Waals surface area contributed by atoms with Crippen LogP contribution in [0, 0.1) is 24.1 Å². The van der Waals surface area contributed by atoms with Crippen molar-refractivity contribution < 1.29 is 32.2 Å². The van der Waals surface area contributed by atoms with Crippen LogP contribution in [0.5, 0.6) is 5.75 Å². The number of aryl methyl sites for hydroxylation is 1. The van der Waals surface area contributed by atoms with Crippen molar-refractivity contribution in [3.8, 4) is 5.75 Å². The van der Waals surface area contributed by atoms with Crippen molar-refractivity contribution in [3.63, 3.8) is 0 Å². The lowest BCUT2D eigenvalue weighted by Crippen LogP contribution is -2.47. The highest BCUT2D eigenvalue weighted by Crippen LogP contribution is 2.44. The number of aromatic nitrogens is 3. The predicted octanol–water partition coefficient (Wildman–Crippen LogP) is 4.71. The van der Waals surface area contributed by atoms with Crippen molar-refractivity contribution in [3.05, 3.63) is 17.2 Å². The molecular weight excluding hydrogens is 444 g/mol. The molecule has 0 aromatic carbocycles. The molecule has 0 spiro atoms. The number of nitrogens with zero attached hydrogens (tertiary/aromatic N) is 4. The van der Waals surface area contributed by atoms with Crippen molar-refractivity contribution >= 4 is 17.4 Å². The highest BCUT2D eigenvalue weighted by molar-refractivity contribution is 5.76. The Kier molecular flexibility index (Phi) is 5.94. The lowest BCUT2D eigenvalue weighted by molar-refractivity contribution is -0.182. The van der Waals surface area contributed by atoms with Crippen LogP contribution in [0.4, 0.5) is 23.4 Å². The number of aliphatic carboxylic acids is 1. The van der Waals surface area contributed by atoms with Crippen molar-refractivity contribution in [1.29, 1.82) is 0 Å². The minimum atomic E-state index is -4.24. The lowest BCUT2D eigenvalue weighted by Gasteiger charge is -2.39. The number of hydrogen-bond acceptors (Lipinski definition) is 5. The molecule has 1 aliphatic carbocycles. The summed E-state index contributed by atoms with van der Waals surface area (Å²) in [4.78, 5) is 18.0. The standard InChI is InChI=1S/C22H28F4N4O3/c1-12-17(33-3)19(29-10-4-9-21(2,11-29)20(31)32)30-18(27-12)15(23)16(28-30)13-5-7-14(8-6-13)22(24,25)26/h13-14H,4-11H2,1-3H3,(H,31,32)/t13?,14?,21-/m0/s1. The number of piperidine rings is 1. The largest absolute Gasteiger partial charge is 0.491 e. The quantitative estimate of drug-likeness (QED) is 0.649. The number of methoxy groups -OCH3 is 1. The average molecular weight is 472 g/mol. The normalized spacial score (nSPS) is 26.6. The van der Waals surface area contributed by atoms with E-state index in [4.69, 9.17) is 4.74 Å². The minimum absolute atomic E-state index is 0.0288. The Morgan fingerprint density at radius 2 is 1.91 bits per heavy atom. The van der Waals surface area contributed by atoms with Crippen molar-refractivity contribution in [2.45, 2.75) is 64.5 Å². The number of carboxylic acids is 1. The highest BCUT2D eigenvalue weighted by atomic mass is 19.4. The van der Waals surface area contributed by atoms with E-state index in [0.29, 0.717) is 36.6 Å². The Labute approximate surface area is 188 Å². The first-order valence-corrected chi connectivity index (χ1v) is 11.1. The molecule has 1 saturated heterocycles. The zero-order valence-electron chi connectivity index (χ0n) is 18.9. The van der Waals surface area contributed by atoms with Gasteiger partial charge < -0.3 is 14.7 Å². The Morgan fingerprint density at radius 3 is 2.48 bits per heavy atom. The van der Waals surface area contributed by atoms with Gasteiger partial charge in [0.25, 0.3) is 0 Å². The molecule has 2 aromatic heterocycles. The summed E-state index contributed by atoms with van der Waals surface area (Å²) in [5, 5.41) is 14.2. The van der Waals surface area contributed by atoms with Crippen LogP contribution < -0.4 is 9.64 Å². The van der Waals surface area contributed by atoms with E-state index in [1.54, 1.807) is 13.8 Å². The van der Waals surface area contributed by atoms with E-state index in [-0.39, 0.29) is 43.6 Å². The summed E-state index contributed by atoms with van der Waals surface area (Å²) >= 11 is 0. The van der Waals surface area contributed by atoms with Crippen molar-refractivity contribution in [2.75, 3.05) is 25.1 Å². The molecule has 1 N–H and O–H groups in total. The number of fused-ring (bicyclic) bond motifs is 1. The minimum Gasteiger partial charge on any atom is -0.491 e. The average Bonchev–Trinajstić information content (AvgIpc) is 3.08. The SMILES string of the molecule is COc1c(C)nc2c(F)c(C3CCC(C(F)(F)F)CC3)nn2c1N1CCC[C@](C)(C(=O)O)C1. The molecule has 0 bridgehead atoms. The van der Waals surface area contributed by atoms with Crippen LogP contribution in [0.25, 0.3) is 5.65 Å². The van der Waals surface area contributed by atoms with Gasteiger partial charge in [-0.1, -0.05) is 0 Å². The van der Waals surface area contributed by atoms with E-state index < -0.39 is 35.2 Å². The van der Waals surface area contributed by atoms with E-state index in [1.807, 2.05) is 4.90 Å². The Morgan fingerprint density at radius 1 is 1.24 bits per heavy atom. The molecule has 182 valence electrons. The topological polar surface area (TPSA) is 80.0 Å². The summed E-state index contributed by atoms with van der Waals surface area (Å²) in [6.07, 6.45) is -2.86. The number of carboxylic acid groups (broad SMARTS) is 1. The van der Waals surface area contributed by atoms with Gasteiger partial charge in [0.05, 0.1) is 24.1 Å². The first kappa shape index (κ1) is 23.6. The molecule has 0 radical (unpaired) electrons. The van der Waals surface area contributed by atoms with Gasteiger partial charge in [0.2, 0.25) is 0 Å². The first-order valence-electron chi connectivity index (χ1n) is 11.1. The second-order valence-corrected chi connectivity index (χ2v) is 9.47. The van der Waals surface area contributed by atoms with Gasteiger partial charge >= 0.3 is 12.1 Å². The molecule has 2 aliphatic rings. The molecule has 0 amide bonds. The first-order chi connectivity index (χ1) is 15.5. The van der Waals surface area contributed by atoms with Crippen molar-refractivity contribution in [2.24, 2.45) is 11.3 Å². The number of ether oxygens (including phenoxy) is 1. The third kappa shape index (κ3) is 4.10. The molecule has 4 rings (SSSR count). The summed E-state index contributed by atoms with van der Waals surface area (Å²) in [6.45, 7) is 4.06. The van der Waals surface area contributed by atoms with E-state index in [0.717, 1.165) is 0 Å². The Bertz CT molecular complexity index is 1060. The summed E-state index contributed by atoms with van der Waals surface area (Å²) in [7, 11) is 1.46. The van der Waals surface area contributed by atoms with Gasteiger partial charge in [0, 0.05) is 19.0 Å². The molecule has 2 aromatic rings. The Hall–Kier alpha value is -2.59. The van der Waals surface area contributed by atoms with Crippen LogP contribution >= 0.6 is 0 Å². The highest BCUT2D eigenvalue weighted by Gasteiger charge is 2.43. The van der Waals surface area contributed by atoms with Crippen molar-refractivity contribution in [1.82, 2.24) is 14.6 Å². The maximum absolute atomic E-state index is 15.5. The molecule has 3 heterocycles. The van der Waals surface area contributed by atoms with Gasteiger partial charge in [-0.3, -0.25) is 4.79 Å². The number of carbonyl (C=O) groups is 1. The summed E-state index contributed by atoms with van der Waals surface area (Å²) in [5.74, 6) is -2.58. The molecule has 1 aliphatic heterocycles. The second-order valence-electron chi connectivity index (χ2n) is 9.47. The third-order valence-electron chi connectivity index (χ3n) is 7.13. The van der Waals surface area contributed by atoms with Crippen LogP contribution in [-0.2, 0) is 4.79 Å². The Balaban J connectivity index is 1.76. The molecule has 0 unspecified atom stereocenters. The van der Waals surface area contributed by atoms with Gasteiger partial charge in [-0.15, -0.1) is 0 Å². The number of alkyl halides is 3. The molecule has 2 fully saturated rings. The fourth-order valence-corrected chi connectivity index (χ4v) is 5.18. The molecule has 11 heteroatoms. The monoisotopic (exact) mass is 472 g/mol. The van der Waals surface area contributed by atoms with Crippen LogP contribution in [0.2, 0.25) is 0 Å². The molecule has 1 saturated carbocycles. The van der Waals surface area contributed by atoms with Crippen LogP contribution in [-0.4, -0.2) is 52.0 Å². The van der Waals surface area contributed by atoms with E-state index in [9.17, 15) is 23.1 Å². The van der Waals surface area contributed by atoms with E-state index in [1.165, 1.54) is 11.6 Å². The lowest BCUT2D eigenvalue weighted by atomic mass is 9.80. The molecular formula is C22H28F4N4O3. The summed E-state index contributed by atoms with van der Waals surface area (Å²) in [6, 6.07) is 0. The fraction of sp³-hybridized carbons (Fsp3) is 0.682. The fourth-order valence-electron chi connectivity index (χ4n) is 5.18. The summed E-state index contributed by atoms with van der Waals surface area (Å²) in [5.41, 5.74) is -0.486. The number of rotatable bonds is 4. The zero-order valence-corrected chi connectivity index (χ0v) is 18.9. The predicted molar refractivity (Wildman–Crippen MR) is 112 cm³/mol. The van der Waals surface area contributed by atoms with Crippen LogP contribution in [0.1, 0.15) is 62.8 Å². The molecule has 7 nitrogen and oxygen atoms in total. The zero-order chi connectivity index (χ0) is 24.1.